The summed E-state index contributed by atoms with van der Waals surface area (Å²) in [6.07, 6.45) is 0.219. The summed E-state index contributed by atoms with van der Waals surface area (Å²) in [6, 6.07) is 16.7. The molecule has 1 unspecified atom stereocenters. The first-order valence-corrected chi connectivity index (χ1v) is 6.84. The molecule has 0 saturated carbocycles. The Kier molecular flexibility index (Phi) is 3.97. The van der Waals surface area contributed by atoms with Gasteiger partial charge in [-0.3, -0.25) is 4.57 Å². The van der Waals surface area contributed by atoms with Gasteiger partial charge in [-0.25, -0.2) is 0 Å². The largest absolute Gasteiger partial charge is 0.457 e. The molecule has 0 fully saturated rings. The van der Waals surface area contributed by atoms with E-state index >= 15 is 0 Å². The van der Waals surface area contributed by atoms with E-state index in [-0.39, 0.29) is 6.16 Å². The van der Waals surface area contributed by atoms with Crippen LogP contribution in [0, 0.1) is 0 Å². The molecular formula is C13H13O3P. The maximum atomic E-state index is 10.7. The molecule has 0 aliphatic heterocycles. The molecule has 0 aliphatic rings. The van der Waals surface area contributed by atoms with Crippen LogP contribution in [0.15, 0.2) is 54.6 Å². The van der Waals surface area contributed by atoms with Gasteiger partial charge < -0.3 is 9.63 Å². The Hall–Kier alpha value is -1.57. The highest BCUT2D eigenvalue weighted by Crippen LogP contribution is 2.25. The average Bonchev–Trinajstić information content (AvgIpc) is 2.32. The van der Waals surface area contributed by atoms with E-state index < -0.39 is 8.03 Å². The number of para-hydroxylation sites is 1. The van der Waals surface area contributed by atoms with E-state index in [4.69, 9.17) is 9.63 Å². The van der Waals surface area contributed by atoms with Crippen molar-refractivity contribution in [2.75, 3.05) is 0 Å². The number of ether oxygens (including phenoxy) is 1. The molecule has 1 atom stereocenters. The summed E-state index contributed by atoms with van der Waals surface area (Å²) in [7, 11) is -2.45. The second-order valence-electron chi connectivity index (χ2n) is 3.63. The lowest BCUT2D eigenvalue weighted by Crippen LogP contribution is -1.85. The molecule has 0 aliphatic carbocycles. The first-order chi connectivity index (χ1) is 8.24. The van der Waals surface area contributed by atoms with E-state index in [9.17, 15) is 4.57 Å². The predicted octanol–water partition coefficient (Wildman–Crippen LogP) is 3.45. The Bertz CT molecular complexity index is 494. The zero-order valence-electron chi connectivity index (χ0n) is 9.17. The van der Waals surface area contributed by atoms with Gasteiger partial charge in [-0.15, -0.1) is 0 Å². The first kappa shape index (κ1) is 11.9. The van der Waals surface area contributed by atoms with Gasteiger partial charge in [0.1, 0.15) is 11.5 Å². The highest BCUT2D eigenvalue weighted by molar-refractivity contribution is 7.37. The van der Waals surface area contributed by atoms with Crippen LogP contribution in [0.25, 0.3) is 0 Å². The SMILES string of the molecule is O=[PH](O)Cc1ccc(Oc2ccccc2)cc1. The van der Waals surface area contributed by atoms with Gasteiger partial charge in [0.15, 0.2) is 8.03 Å². The maximum Gasteiger partial charge on any atom is 0.193 e. The molecule has 4 heteroatoms. The minimum absolute atomic E-state index is 0.219. The third-order valence-corrected chi connectivity index (χ3v) is 2.97. The predicted molar refractivity (Wildman–Crippen MR) is 67.9 cm³/mol. The standard InChI is InChI=1S/C13H13O3P/c14-17(15)10-11-6-8-13(9-7-11)16-12-4-2-1-3-5-12/h1-9,17H,10H2,(H,14,15). The number of benzene rings is 2. The van der Waals surface area contributed by atoms with Gasteiger partial charge in [-0.1, -0.05) is 30.3 Å². The normalized spacial score (nSPS) is 12.1. The minimum atomic E-state index is -2.45. The van der Waals surface area contributed by atoms with Crippen LogP contribution in [0.3, 0.4) is 0 Å². The number of rotatable bonds is 4. The lowest BCUT2D eigenvalue weighted by molar-refractivity contribution is 0.482. The fourth-order valence-electron chi connectivity index (χ4n) is 1.47. The van der Waals surface area contributed by atoms with Gasteiger partial charge in [-0.2, -0.15) is 0 Å². The third-order valence-electron chi connectivity index (χ3n) is 2.26. The second-order valence-corrected chi connectivity index (χ2v) is 4.77. The molecule has 0 amide bonds. The highest BCUT2D eigenvalue weighted by Gasteiger charge is 1.99. The van der Waals surface area contributed by atoms with Crippen LogP contribution in [0.2, 0.25) is 0 Å². The highest BCUT2D eigenvalue weighted by atomic mass is 31.1. The number of hydrogen-bond donors (Lipinski definition) is 1. The average molecular weight is 248 g/mol. The van der Waals surface area contributed by atoms with Crippen molar-refractivity contribution in [1.82, 2.24) is 0 Å². The van der Waals surface area contributed by atoms with Crippen LogP contribution in [-0.2, 0) is 10.7 Å². The van der Waals surface area contributed by atoms with Crippen LogP contribution in [0.1, 0.15) is 5.56 Å². The third kappa shape index (κ3) is 3.74. The van der Waals surface area contributed by atoms with Crippen LogP contribution >= 0.6 is 8.03 Å². The second kappa shape index (κ2) is 5.67. The van der Waals surface area contributed by atoms with E-state index in [2.05, 4.69) is 0 Å². The Morgan fingerprint density at radius 3 is 2.12 bits per heavy atom. The summed E-state index contributed by atoms with van der Waals surface area (Å²) in [6.45, 7) is 0. The lowest BCUT2D eigenvalue weighted by Gasteiger charge is -2.05. The van der Waals surface area contributed by atoms with Gasteiger partial charge in [-0.05, 0) is 29.8 Å². The minimum Gasteiger partial charge on any atom is -0.457 e. The topological polar surface area (TPSA) is 46.5 Å². The smallest absolute Gasteiger partial charge is 0.193 e. The van der Waals surface area contributed by atoms with E-state index in [0.29, 0.717) is 0 Å². The van der Waals surface area contributed by atoms with Crippen molar-refractivity contribution < 1.29 is 14.2 Å². The Labute approximate surface area is 101 Å². The van der Waals surface area contributed by atoms with Crippen LogP contribution in [0.5, 0.6) is 11.5 Å². The molecule has 1 N–H and O–H groups in total. The maximum absolute atomic E-state index is 10.7. The van der Waals surface area contributed by atoms with E-state index in [1.165, 1.54) is 0 Å². The van der Waals surface area contributed by atoms with Gasteiger partial charge in [0.05, 0.1) is 0 Å². The van der Waals surface area contributed by atoms with Crippen LogP contribution in [0.4, 0.5) is 0 Å². The molecule has 0 radical (unpaired) electrons. The zero-order chi connectivity index (χ0) is 12.1. The Morgan fingerprint density at radius 2 is 1.53 bits per heavy atom. The summed E-state index contributed by atoms with van der Waals surface area (Å²) < 4.78 is 16.3. The summed E-state index contributed by atoms with van der Waals surface area (Å²) in [5.41, 5.74) is 0.844. The molecule has 3 nitrogen and oxygen atoms in total. The molecule has 0 aromatic heterocycles. The quantitative estimate of drug-likeness (QED) is 0.843. The Morgan fingerprint density at radius 1 is 0.941 bits per heavy atom. The molecule has 0 bridgehead atoms. The molecular weight excluding hydrogens is 235 g/mol. The summed E-state index contributed by atoms with van der Waals surface area (Å²) >= 11 is 0. The molecule has 2 rings (SSSR count). The van der Waals surface area contributed by atoms with E-state index in [1.807, 2.05) is 30.3 Å². The molecule has 17 heavy (non-hydrogen) atoms. The number of hydrogen-bond acceptors (Lipinski definition) is 2. The summed E-state index contributed by atoms with van der Waals surface area (Å²) in [4.78, 5) is 8.83. The lowest BCUT2D eigenvalue weighted by atomic mass is 10.2. The fraction of sp³-hybridized carbons (Fsp3) is 0.0769. The molecule has 88 valence electrons. The monoisotopic (exact) mass is 248 g/mol. The molecule has 0 heterocycles. The van der Waals surface area contributed by atoms with Gasteiger partial charge >= 0.3 is 0 Å². The van der Waals surface area contributed by atoms with Crippen molar-refractivity contribution in [2.45, 2.75) is 6.16 Å². The summed E-state index contributed by atoms with van der Waals surface area (Å²) in [5, 5.41) is 0. The van der Waals surface area contributed by atoms with Crippen molar-refractivity contribution in [1.29, 1.82) is 0 Å². The Balaban J connectivity index is 2.06. The van der Waals surface area contributed by atoms with Crippen molar-refractivity contribution in [2.24, 2.45) is 0 Å². The first-order valence-electron chi connectivity index (χ1n) is 5.28. The van der Waals surface area contributed by atoms with Crippen LogP contribution in [-0.4, -0.2) is 4.89 Å². The van der Waals surface area contributed by atoms with Crippen LogP contribution < -0.4 is 4.74 Å². The van der Waals surface area contributed by atoms with Gasteiger partial charge in [0, 0.05) is 6.16 Å². The zero-order valence-corrected chi connectivity index (χ0v) is 10.2. The van der Waals surface area contributed by atoms with Crippen molar-refractivity contribution in [3.05, 3.63) is 60.2 Å². The van der Waals surface area contributed by atoms with E-state index in [0.717, 1.165) is 17.1 Å². The van der Waals surface area contributed by atoms with Crippen molar-refractivity contribution >= 4 is 8.03 Å². The summed E-state index contributed by atoms with van der Waals surface area (Å²) in [5.74, 6) is 1.49. The van der Waals surface area contributed by atoms with Gasteiger partial charge in [0.2, 0.25) is 0 Å². The molecule has 2 aromatic carbocycles. The molecule has 0 saturated heterocycles. The molecule has 0 spiro atoms. The van der Waals surface area contributed by atoms with Crippen molar-refractivity contribution in [3.8, 4) is 11.5 Å². The van der Waals surface area contributed by atoms with E-state index in [1.54, 1.807) is 24.3 Å². The molecule has 2 aromatic rings. The van der Waals surface area contributed by atoms with Crippen molar-refractivity contribution in [3.63, 3.8) is 0 Å². The van der Waals surface area contributed by atoms with Gasteiger partial charge in [0.25, 0.3) is 0 Å². The fourth-order valence-corrected chi connectivity index (χ4v) is 2.06.